The second-order valence-corrected chi connectivity index (χ2v) is 9.09. The number of carbonyl (C=O) groups excluding carboxylic acids is 1. The highest BCUT2D eigenvalue weighted by Gasteiger charge is 2.37. The Hall–Kier alpha value is -2.30. The Morgan fingerprint density at radius 1 is 1.14 bits per heavy atom. The SMILES string of the molecule is O=C(Nc1ccccc1Br)C1CCCCN1S(=O)(=O)c1ccc([N+](=O)[O-])cc1. The normalized spacial score (nSPS) is 17.8. The Morgan fingerprint density at radius 3 is 2.46 bits per heavy atom. The smallest absolute Gasteiger partial charge is 0.269 e. The quantitative estimate of drug-likeness (QED) is 0.533. The lowest BCUT2D eigenvalue weighted by Gasteiger charge is -2.33. The van der Waals surface area contributed by atoms with Gasteiger partial charge in [0.1, 0.15) is 6.04 Å². The Bertz CT molecular complexity index is 995. The van der Waals surface area contributed by atoms with Crippen molar-refractivity contribution in [2.75, 3.05) is 11.9 Å². The van der Waals surface area contributed by atoms with E-state index in [1.807, 2.05) is 6.07 Å². The molecule has 0 aromatic heterocycles. The van der Waals surface area contributed by atoms with Crippen molar-refractivity contribution in [3.63, 3.8) is 0 Å². The average molecular weight is 468 g/mol. The Balaban J connectivity index is 1.86. The molecule has 1 heterocycles. The van der Waals surface area contributed by atoms with Crippen molar-refractivity contribution in [3.8, 4) is 0 Å². The molecule has 28 heavy (non-hydrogen) atoms. The summed E-state index contributed by atoms with van der Waals surface area (Å²) < 4.78 is 28.0. The van der Waals surface area contributed by atoms with Crippen LogP contribution >= 0.6 is 15.9 Å². The van der Waals surface area contributed by atoms with Gasteiger partial charge in [-0.1, -0.05) is 18.6 Å². The van der Waals surface area contributed by atoms with E-state index in [-0.39, 0.29) is 17.1 Å². The molecule has 2 aromatic rings. The number of nitro benzene ring substituents is 1. The molecule has 0 radical (unpaired) electrons. The number of carbonyl (C=O) groups is 1. The van der Waals surface area contributed by atoms with Gasteiger partial charge in [0.2, 0.25) is 15.9 Å². The molecule has 10 heteroatoms. The predicted octanol–water partition coefficient (Wildman–Crippen LogP) is 3.54. The first-order valence-corrected chi connectivity index (χ1v) is 10.9. The first kappa shape index (κ1) is 20.4. The van der Waals surface area contributed by atoms with Crippen LogP contribution in [-0.2, 0) is 14.8 Å². The van der Waals surface area contributed by atoms with Crippen LogP contribution in [0.4, 0.5) is 11.4 Å². The molecular formula is C18H18BrN3O5S. The summed E-state index contributed by atoms with van der Waals surface area (Å²) in [5, 5.41) is 13.6. The van der Waals surface area contributed by atoms with Crippen LogP contribution in [0.2, 0.25) is 0 Å². The highest BCUT2D eigenvalue weighted by Crippen LogP contribution is 2.28. The monoisotopic (exact) mass is 467 g/mol. The summed E-state index contributed by atoms with van der Waals surface area (Å²) in [6.45, 7) is 0.216. The second-order valence-electron chi connectivity index (χ2n) is 6.35. The molecule has 1 aliphatic heterocycles. The highest BCUT2D eigenvalue weighted by molar-refractivity contribution is 9.10. The van der Waals surface area contributed by atoms with Gasteiger partial charge >= 0.3 is 0 Å². The molecule has 0 bridgehead atoms. The zero-order valence-electron chi connectivity index (χ0n) is 14.7. The number of hydrogen-bond donors (Lipinski definition) is 1. The molecule has 1 atom stereocenters. The van der Waals surface area contributed by atoms with Crippen LogP contribution in [0.15, 0.2) is 57.9 Å². The fourth-order valence-electron chi connectivity index (χ4n) is 3.11. The van der Waals surface area contributed by atoms with E-state index in [0.717, 1.165) is 18.6 Å². The van der Waals surface area contributed by atoms with Crippen molar-refractivity contribution in [3.05, 3.63) is 63.1 Å². The van der Waals surface area contributed by atoms with Crippen molar-refractivity contribution in [1.82, 2.24) is 4.31 Å². The zero-order chi connectivity index (χ0) is 20.3. The molecule has 0 spiro atoms. The summed E-state index contributed by atoms with van der Waals surface area (Å²) in [5.74, 6) is -0.405. The third kappa shape index (κ3) is 4.23. The molecule has 1 N–H and O–H groups in total. The number of nitro groups is 1. The molecule has 1 aliphatic rings. The first-order valence-electron chi connectivity index (χ1n) is 8.62. The number of benzene rings is 2. The number of nitrogens with zero attached hydrogens (tertiary/aromatic N) is 2. The predicted molar refractivity (Wildman–Crippen MR) is 107 cm³/mol. The lowest BCUT2D eigenvalue weighted by molar-refractivity contribution is -0.384. The van der Waals surface area contributed by atoms with Crippen molar-refractivity contribution in [2.24, 2.45) is 0 Å². The molecule has 3 rings (SSSR count). The lowest BCUT2D eigenvalue weighted by Crippen LogP contribution is -2.49. The van der Waals surface area contributed by atoms with Crippen LogP contribution in [0.3, 0.4) is 0 Å². The van der Waals surface area contributed by atoms with Crippen molar-refractivity contribution in [1.29, 1.82) is 0 Å². The van der Waals surface area contributed by atoms with Gasteiger partial charge in [-0.05, 0) is 53.0 Å². The molecular weight excluding hydrogens is 450 g/mol. The van der Waals surface area contributed by atoms with Gasteiger partial charge < -0.3 is 5.32 Å². The van der Waals surface area contributed by atoms with Crippen molar-refractivity contribution < 1.29 is 18.1 Å². The summed E-state index contributed by atoms with van der Waals surface area (Å²) in [4.78, 5) is 23.0. The molecule has 1 amide bonds. The molecule has 8 nitrogen and oxygen atoms in total. The molecule has 0 saturated carbocycles. The zero-order valence-corrected chi connectivity index (χ0v) is 17.1. The van der Waals surface area contributed by atoms with E-state index in [4.69, 9.17) is 0 Å². The van der Waals surface area contributed by atoms with Gasteiger partial charge in [-0.2, -0.15) is 4.31 Å². The summed E-state index contributed by atoms with van der Waals surface area (Å²) in [7, 11) is -3.96. The van der Waals surface area contributed by atoms with Crippen LogP contribution in [0, 0.1) is 10.1 Å². The molecule has 1 unspecified atom stereocenters. The molecule has 2 aromatic carbocycles. The van der Waals surface area contributed by atoms with Crippen LogP contribution in [-0.4, -0.2) is 36.1 Å². The molecule has 148 valence electrons. The topological polar surface area (TPSA) is 110 Å². The third-order valence-corrected chi connectivity index (χ3v) is 7.16. The lowest BCUT2D eigenvalue weighted by atomic mass is 10.0. The first-order chi connectivity index (χ1) is 13.3. The maximum atomic E-state index is 13.1. The van der Waals surface area contributed by atoms with E-state index in [0.29, 0.717) is 23.0 Å². The largest absolute Gasteiger partial charge is 0.324 e. The van der Waals surface area contributed by atoms with E-state index in [9.17, 15) is 23.3 Å². The van der Waals surface area contributed by atoms with E-state index >= 15 is 0 Å². The van der Waals surface area contributed by atoms with E-state index in [1.54, 1.807) is 18.2 Å². The second kappa shape index (κ2) is 8.38. The van der Waals surface area contributed by atoms with Crippen molar-refractivity contribution in [2.45, 2.75) is 30.2 Å². The highest BCUT2D eigenvalue weighted by atomic mass is 79.9. The Labute approximate surface area is 170 Å². The number of non-ortho nitro benzene ring substituents is 1. The minimum atomic E-state index is -3.96. The summed E-state index contributed by atoms with van der Waals surface area (Å²) in [6.07, 6.45) is 1.79. The fourth-order valence-corrected chi connectivity index (χ4v) is 5.15. The number of halogens is 1. The van der Waals surface area contributed by atoms with Crippen molar-refractivity contribution >= 4 is 43.2 Å². The fraction of sp³-hybridized carbons (Fsp3) is 0.278. The number of nitrogens with one attached hydrogen (secondary N) is 1. The van der Waals surface area contributed by atoms with Gasteiger partial charge in [-0.25, -0.2) is 8.42 Å². The Kier molecular flexibility index (Phi) is 6.11. The number of hydrogen-bond acceptors (Lipinski definition) is 5. The average Bonchev–Trinajstić information content (AvgIpc) is 2.69. The van der Waals surface area contributed by atoms with E-state index in [2.05, 4.69) is 21.2 Å². The number of piperidine rings is 1. The van der Waals surface area contributed by atoms with E-state index < -0.39 is 26.9 Å². The Morgan fingerprint density at radius 2 is 1.82 bits per heavy atom. The molecule has 0 aliphatic carbocycles. The van der Waals surface area contributed by atoms with Gasteiger partial charge in [0.05, 0.1) is 15.5 Å². The standard InChI is InChI=1S/C18H18BrN3O5S/c19-15-5-1-2-6-16(15)20-18(23)17-7-3-4-12-21(17)28(26,27)14-10-8-13(9-11-14)22(24)25/h1-2,5-6,8-11,17H,3-4,7,12H2,(H,20,23). The minimum Gasteiger partial charge on any atom is -0.324 e. The van der Waals surface area contributed by atoms with E-state index in [1.165, 1.54) is 16.4 Å². The number of rotatable bonds is 5. The van der Waals surface area contributed by atoms with Gasteiger partial charge in [-0.3, -0.25) is 14.9 Å². The minimum absolute atomic E-state index is 0.0707. The number of para-hydroxylation sites is 1. The summed E-state index contributed by atoms with van der Waals surface area (Å²) in [5.41, 5.74) is 0.367. The van der Waals surface area contributed by atoms with Gasteiger partial charge in [0.25, 0.3) is 5.69 Å². The number of sulfonamides is 1. The van der Waals surface area contributed by atoms with Gasteiger partial charge in [-0.15, -0.1) is 0 Å². The maximum Gasteiger partial charge on any atom is 0.269 e. The van der Waals surface area contributed by atoms with Crippen LogP contribution < -0.4 is 5.32 Å². The van der Waals surface area contributed by atoms with Gasteiger partial charge in [0.15, 0.2) is 0 Å². The summed E-state index contributed by atoms with van der Waals surface area (Å²) in [6, 6.07) is 10.9. The number of anilines is 1. The molecule has 1 fully saturated rings. The van der Waals surface area contributed by atoms with Crippen LogP contribution in [0.5, 0.6) is 0 Å². The number of amides is 1. The van der Waals surface area contributed by atoms with Gasteiger partial charge in [0, 0.05) is 23.2 Å². The van der Waals surface area contributed by atoms with Crippen LogP contribution in [0.25, 0.3) is 0 Å². The van der Waals surface area contributed by atoms with Crippen LogP contribution in [0.1, 0.15) is 19.3 Å². The third-order valence-electron chi connectivity index (χ3n) is 4.54. The maximum absolute atomic E-state index is 13.1. The summed E-state index contributed by atoms with van der Waals surface area (Å²) >= 11 is 3.36. The molecule has 1 saturated heterocycles.